The van der Waals surface area contributed by atoms with Crippen LogP contribution in [0.25, 0.3) is 0 Å². The molecule has 0 aromatic heterocycles. The molecule has 2 aromatic rings. The summed E-state index contributed by atoms with van der Waals surface area (Å²) in [5.74, 6) is -8.31. The van der Waals surface area contributed by atoms with E-state index in [0.29, 0.717) is 17.2 Å². The molecule has 0 bridgehead atoms. The summed E-state index contributed by atoms with van der Waals surface area (Å²) in [6.07, 6.45) is 3.82. The summed E-state index contributed by atoms with van der Waals surface area (Å²) in [4.78, 5) is 55.3. The summed E-state index contributed by atoms with van der Waals surface area (Å²) in [5.41, 5.74) is 5.16. The first-order valence-corrected chi connectivity index (χ1v) is 15.6. The maximum absolute atomic E-state index is 14.0. The van der Waals surface area contributed by atoms with E-state index in [1.807, 2.05) is 6.07 Å². The van der Waals surface area contributed by atoms with E-state index in [1.54, 1.807) is 31.1 Å². The Hall–Kier alpha value is -3.60. The van der Waals surface area contributed by atoms with Crippen molar-refractivity contribution in [1.82, 2.24) is 4.90 Å². The lowest BCUT2D eigenvalue weighted by atomic mass is 9.52. The number of fused-ring (bicyclic) bond motifs is 3. The number of rotatable bonds is 6. The number of phenolic OH excluding ortho intramolecular Hbond substituents is 1. The van der Waals surface area contributed by atoms with Gasteiger partial charge in [-0.3, -0.25) is 19.2 Å². The molecule has 0 spiro atoms. The largest absolute Gasteiger partial charge is 0.505 e. The zero-order chi connectivity index (χ0) is 31.5. The third-order valence-electron chi connectivity index (χ3n) is 10.7. The minimum absolute atomic E-state index is 0.0308. The Morgan fingerprint density at radius 3 is 2.34 bits per heavy atom. The number of phenols is 1. The van der Waals surface area contributed by atoms with Crippen LogP contribution in [0.3, 0.4) is 0 Å². The van der Waals surface area contributed by atoms with Crippen molar-refractivity contribution in [3.63, 3.8) is 0 Å². The molecular formula is C34H41N3O7. The van der Waals surface area contributed by atoms with E-state index < -0.39 is 64.7 Å². The van der Waals surface area contributed by atoms with E-state index in [-0.39, 0.29) is 30.2 Å². The van der Waals surface area contributed by atoms with Crippen molar-refractivity contribution in [2.45, 2.75) is 68.7 Å². The highest BCUT2D eigenvalue weighted by atomic mass is 16.3. The highest BCUT2D eigenvalue weighted by molar-refractivity contribution is 6.25. The molecular weight excluding hydrogens is 562 g/mol. The van der Waals surface area contributed by atoms with Gasteiger partial charge in [0.15, 0.2) is 23.0 Å². The fraction of sp³-hybridized carbons (Fsp3) is 0.529. The Balaban J connectivity index is 1.23. The number of nitrogens with zero attached hydrogens (tertiary/aromatic N) is 1. The first kappa shape index (κ1) is 30.4. The van der Waals surface area contributed by atoms with Gasteiger partial charge in [-0.05, 0) is 88.1 Å². The van der Waals surface area contributed by atoms with Crippen LogP contribution >= 0.6 is 0 Å². The molecule has 7 atom stereocenters. The van der Waals surface area contributed by atoms with Crippen molar-refractivity contribution < 1.29 is 34.5 Å². The topological polar surface area (TPSA) is 170 Å². The van der Waals surface area contributed by atoms with Gasteiger partial charge in [-0.25, -0.2) is 0 Å². The quantitative estimate of drug-likeness (QED) is 0.244. The molecule has 0 radical (unpaired) electrons. The van der Waals surface area contributed by atoms with Crippen LogP contribution in [0.15, 0.2) is 42.5 Å². The first-order chi connectivity index (χ1) is 20.9. The second kappa shape index (κ2) is 11.4. The lowest BCUT2D eigenvalue weighted by molar-refractivity contribution is -0.190. The molecule has 4 aliphatic rings. The van der Waals surface area contributed by atoms with Gasteiger partial charge in [0.1, 0.15) is 11.7 Å². The molecule has 10 nitrogen and oxygen atoms in total. The van der Waals surface area contributed by atoms with Crippen LogP contribution < -0.4 is 11.1 Å². The third-order valence-corrected chi connectivity index (χ3v) is 10.7. The van der Waals surface area contributed by atoms with Crippen LogP contribution in [0.2, 0.25) is 0 Å². The number of aliphatic hydroxyl groups is 2. The van der Waals surface area contributed by atoms with E-state index in [4.69, 9.17) is 5.73 Å². The van der Waals surface area contributed by atoms with Gasteiger partial charge in [-0.1, -0.05) is 36.4 Å². The summed E-state index contributed by atoms with van der Waals surface area (Å²) < 4.78 is 0. The monoisotopic (exact) mass is 603 g/mol. The van der Waals surface area contributed by atoms with Gasteiger partial charge < -0.3 is 31.3 Å². The summed E-state index contributed by atoms with van der Waals surface area (Å²) >= 11 is 0. The standard InChI is InChI=1S/C34H41N3O7/c1-37(2)27-22-16-20-15-19-10-13-23(36-21-11-8-18(9-12-21)14-17-6-4-3-5-7-17)28(38)24(19)29(39)25(20)31(41)34(22,44)32(42)26(30(27)40)33(35)43/h3-7,10,13,18,20-22,25-27,30,36,38,40,44H,8-9,11-12,14-16H2,1-2H3,(H2,35,43)/t18?,20-,21?,22-,25?,26?,27-,30?,34-/m1/s1. The molecule has 6 rings (SSSR count). The number of hydrogen-bond donors (Lipinski definition) is 5. The second-order valence-corrected chi connectivity index (χ2v) is 13.5. The van der Waals surface area contributed by atoms with Crippen LogP contribution in [0.1, 0.15) is 53.6 Å². The zero-order valence-electron chi connectivity index (χ0n) is 25.1. The predicted octanol–water partition coefficient (Wildman–Crippen LogP) is 1.87. The molecule has 3 saturated carbocycles. The first-order valence-electron chi connectivity index (χ1n) is 15.6. The molecule has 0 heterocycles. The fourth-order valence-corrected chi connectivity index (χ4v) is 8.59. The van der Waals surface area contributed by atoms with E-state index in [0.717, 1.165) is 32.1 Å². The van der Waals surface area contributed by atoms with Crippen molar-refractivity contribution in [2.75, 3.05) is 19.4 Å². The number of primary amides is 1. The zero-order valence-corrected chi connectivity index (χ0v) is 25.1. The normalized spacial score (nSPS) is 35.1. The van der Waals surface area contributed by atoms with Crippen molar-refractivity contribution in [1.29, 1.82) is 0 Å². The molecule has 0 saturated heterocycles. The number of hydrogen-bond acceptors (Lipinski definition) is 9. The van der Waals surface area contributed by atoms with Crippen molar-refractivity contribution >= 4 is 28.9 Å². The molecule has 6 N–H and O–H groups in total. The number of benzene rings is 2. The van der Waals surface area contributed by atoms with Crippen LogP contribution in [0.5, 0.6) is 5.75 Å². The van der Waals surface area contributed by atoms with Gasteiger partial charge >= 0.3 is 0 Å². The molecule has 0 aliphatic heterocycles. The summed E-state index contributed by atoms with van der Waals surface area (Å²) in [6.45, 7) is 0. The number of nitrogens with one attached hydrogen (secondary N) is 1. The predicted molar refractivity (Wildman–Crippen MR) is 162 cm³/mol. The Morgan fingerprint density at radius 2 is 1.70 bits per heavy atom. The smallest absolute Gasteiger partial charge is 0.230 e. The highest BCUT2D eigenvalue weighted by Gasteiger charge is 2.69. The molecule has 2 aromatic carbocycles. The van der Waals surface area contributed by atoms with E-state index in [1.165, 1.54) is 5.56 Å². The number of carbonyl (C=O) groups is 4. The Kier molecular flexibility index (Phi) is 7.88. The molecule has 234 valence electrons. The lowest BCUT2D eigenvalue weighted by Gasteiger charge is -2.54. The Morgan fingerprint density at radius 1 is 1.02 bits per heavy atom. The lowest BCUT2D eigenvalue weighted by Crippen LogP contribution is -2.75. The Labute approximate surface area is 256 Å². The Bertz CT molecular complexity index is 1490. The van der Waals surface area contributed by atoms with Crippen molar-refractivity contribution in [2.24, 2.45) is 35.3 Å². The minimum Gasteiger partial charge on any atom is -0.505 e. The number of aromatic hydroxyl groups is 1. The van der Waals surface area contributed by atoms with Crippen LogP contribution in [0.4, 0.5) is 5.69 Å². The molecule has 10 heteroatoms. The van der Waals surface area contributed by atoms with E-state index in [9.17, 15) is 34.5 Å². The average Bonchev–Trinajstić information content (AvgIpc) is 2.97. The molecule has 4 aliphatic carbocycles. The number of carbonyl (C=O) groups excluding carboxylic acids is 4. The number of amides is 1. The number of likely N-dealkylation sites (N-methyl/N-ethyl adjacent to an activating group) is 1. The average molecular weight is 604 g/mol. The maximum Gasteiger partial charge on any atom is 0.230 e. The van der Waals surface area contributed by atoms with Crippen molar-refractivity contribution in [3.05, 3.63) is 59.2 Å². The highest BCUT2D eigenvalue weighted by Crippen LogP contribution is 2.52. The van der Waals surface area contributed by atoms with Crippen LogP contribution in [-0.4, -0.2) is 81.4 Å². The van der Waals surface area contributed by atoms with Gasteiger partial charge in [0.2, 0.25) is 5.91 Å². The van der Waals surface area contributed by atoms with Gasteiger partial charge in [0.05, 0.1) is 23.3 Å². The molecule has 1 amide bonds. The van der Waals surface area contributed by atoms with E-state index in [2.05, 4.69) is 29.6 Å². The number of Topliss-reactive ketones (excluding diaryl/α,β-unsaturated/α-hetero) is 3. The van der Waals surface area contributed by atoms with E-state index >= 15 is 0 Å². The number of aliphatic hydroxyl groups excluding tert-OH is 1. The minimum atomic E-state index is -2.66. The van der Waals surface area contributed by atoms with Gasteiger partial charge in [-0.2, -0.15) is 0 Å². The molecule has 44 heavy (non-hydrogen) atoms. The van der Waals surface area contributed by atoms with Gasteiger partial charge in [0, 0.05) is 18.0 Å². The number of anilines is 1. The molecule has 3 unspecified atom stereocenters. The summed E-state index contributed by atoms with van der Waals surface area (Å²) in [6, 6.07) is 13.2. The SMILES string of the molecule is CN(C)[C@H]1C(O)C(C(N)=O)C(=O)[C@]2(O)C(=O)C3C(=O)c4c(ccc(NC5CCC(Cc6ccccc6)CC5)c4O)C[C@@H]3C[C@H]12. The summed E-state index contributed by atoms with van der Waals surface area (Å²) in [7, 11) is 3.25. The van der Waals surface area contributed by atoms with Gasteiger partial charge in [0.25, 0.3) is 0 Å². The molecule has 3 fully saturated rings. The van der Waals surface area contributed by atoms with Crippen LogP contribution in [-0.2, 0) is 27.2 Å². The summed E-state index contributed by atoms with van der Waals surface area (Å²) in [5, 5.41) is 37.5. The maximum atomic E-state index is 14.0. The fourth-order valence-electron chi connectivity index (χ4n) is 8.59. The van der Waals surface area contributed by atoms with Crippen molar-refractivity contribution in [3.8, 4) is 5.75 Å². The number of nitrogens with two attached hydrogens (primary N) is 1. The number of ketones is 3. The van der Waals surface area contributed by atoms with Gasteiger partial charge in [-0.15, -0.1) is 0 Å². The second-order valence-electron chi connectivity index (χ2n) is 13.5. The third kappa shape index (κ3) is 4.83. The van der Waals surface area contributed by atoms with Crippen LogP contribution in [0, 0.1) is 29.6 Å².